The normalized spacial score (nSPS) is 16.6. The Labute approximate surface area is 169 Å². The van der Waals surface area contributed by atoms with E-state index in [2.05, 4.69) is 10.3 Å². The number of allylic oxidation sites excluding steroid dienone is 1. The van der Waals surface area contributed by atoms with Gasteiger partial charge in [-0.1, -0.05) is 12.1 Å². The van der Waals surface area contributed by atoms with E-state index in [0.29, 0.717) is 30.0 Å². The highest BCUT2D eigenvalue weighted by atomic mass is 16.3. The van der Waals surface area contributed by atoms with Crippen LogP contribution in [0.5, 0.6) is 5.75 Å². The van der Waals surface area contributed by atoms with Crippen LogP contribution in [0.4, 0.5) is 0 Å². The molecule has 29 heavy (non-hydrogen) atoms. The summed E-state index contributed by atoms with van der Waals surface area (Å²) in [7, 11) is 0. The number of nitrogens with one attached hydrogen (secondary N) is 2. The van der Waals surface area contributed by atoms with Gasteiger partial charge in [0.1, 0.15) is 11.6 Å². The molecule has 0 amide bonds. The summed E-state index contributed by atoms with van der Waals surface area (Å²) in [6.07, 6.45) is 5.44. The lowest BCUT2D eigenvalue weighted by Gasteiger charge is -2.29. The standard InChI is InChI=1S/C21H28N6O2/c22-17(16-5-1-2-6-19(16)28)11-18(21(23)24)27(13-15-4-3-8-25-15)12-14-7-9-26-20(29)10-14/h1-2,5-7,9-11,15,25,28H,3-4,8,12-13,22-24H2,(H,26,29)/b17-11-. The third-order valence-electron chi connectivity index (χ3n) is 4.96. The number of aromatic nitrogens is 1. The number of nitrogens with two attached hydrogens (primary N) is 3. The fourth-order valence-corrected chi connectivity index (χ4v) is 3.53. The molecule has 1 aliphatic rings. The van der Waals surface area contributed by atoms with Gasteiger partial charge in [0.25, 0.3) is 0 Å². The molecule has 8 nitrogen and oxygen atoms in total. The van der Waals surface area contributed by atoms with Crippen LogP contribution < -0.4 is 28.1 Å². The minimum absolute atomic E-state index is 0.0785. The van der Waals surface area contributed by atoms with Crippen LogP contribution in [0.1, 0.15) is 24.0 Å². The zero-order valence-electron chi connectivity index (χ0n) is 16.3. The number of phenolic OH excluding ortho intramolecular Hbond substituents is 1. The predicted molar refractivity (Wildman–Crippen MR) is 114 cm³/mol. The first-order valence-corrected chi connectivity index (χ1v) is 9.60. The fourth-order valence-electron chi connectivity index (χ4n) is 3.53. The molecular formula is C21H28N6O2. The number of para-hydroxylation sites is 1. The minimum atomic E-state index is -0.169. The number of aromatic hydroxyl groups is 1. The molecule has 0 bridgehead atoms. The van der Waals surface area contributed by atoms with Crippen LogP contribution in [-0.4, -0.2) is 34.1 Å². The fraction of sp³-hybridized carbons (Fsp3) is 0.286. The highest BCUT2D eigenvalue weighted by Crippen LogP contribution is 2.24. The van der Waals surface area contributed by atoms with Crippen LogP contribution >= 0.6 is 0 Å². The number of benzene rings is 1. The Morgan fingerprint density at radius 3 is 2.69 bits per heavy atom. The van der Waals surface area contributed by atoms with E-state index in [1.54, 1.807) is 42.6 Å². The van der Waals surface area contributed by atoms with Crippen molar-refractivity contribution in [2.24, 2.45) is 17.2 Å². The second-order valence-corrected chi connectivity index (χ2v) is 7.19. The van der Waals surface area contributed by atoms with E-state index in [-0.39, 0.29) is 23.2 Å². The molecule has 1 saturated heterocycles. The van der Waals surface area contributed by atoms with Crippen molar-refractivity contribution in [1.29, 1.82) is 0 Å². The number of aromatic amines is 1. The van der Waals surface area contributed by atoms with E-state index in [1.165, 1.54) is 0 Å². The third kappa shape index (κ3) is 5.32. The Morgan fingerprint density at radius 1 is 1.24 bits per heavy atom. The van der Waals surface area contributed by atoms with E-state index in [4.69, 9.17) is 17.2 Å². The van der Waals surface area contributed by atoms with E-state index >= 15 is 0 Å². The number of hydrogen-bond donors (Lipinski definition) is 6. The molecular weight excluding hydrogens is 368 g/mol. The second kappa shape index (κ2) is 9.20. The zero-order valence-corrected chi connectivity index (χ0v) is 16.3. The number of rotatable bonds is 7. The number of phenols is 1. The molecule has 9 N–H and O–H groups in total. The highest BCUT2D eigenvalue weighted by Gasteiger charge is 2.21. The van der Waals surface area contributed by atoms with Crippen molar-refractivity contribution in [2.75, 3.05) is 13.1 Å². The molecule has 1 atom stereocenters. The van der Waals surface area contributed by atoms with Gasteiger partial charge in [0, 0.05) is 42.7 Å². The summed E-state index contributed by atoms with van der Waals surface area (Å²) in [6, 6.07) is 10.5. The number of H-pyrrole nitrogens is 1. The Balaban J connectivity index is 1.95. The van der Waals surface area contributed by atoms with Crippen LogP contribution in [0.2, 0.25) is 0 Å². The van der Waals surface area contributed by atoms with Crippen LogP contribution in [0, 0.1) is 0 Å². The molecule has 0 aliphatic carbocycles. The monoisotopic (exact) mass is 396 g/mol. The summed E-state index contributed by atoms with van der Waals surface area (Å²) >= 11 is 0. The molecule has 1 aromatic heterocycles. The minimum Gasteiger partial charge on any atom is -0.507 e. The summed E-state index contributed by atoms with van der Waals surface area (Å²) in [5.74, 6) is 0.195. The number of nitrogens with zero attached hydrogens (tertiary/aromatic N) is 1. The highest BCUT2D eigenvalue weighted by molar-refractivity contribution is 5.69. The average molecular weight is 396 g/mol. The number of hydrogen-bond acceptors (Lipinski definition) is 7. The van der Waals surface area contributed by atoms with Gasteiger partial charge in [0.05, 0.1) is 5.70 Å². The van der Waals surface area contributed by atoms with Crippen molar-refractivity contribution in [3.63, 3.8) is 0 Å². The van der Waals surface area contributed by atoms with Gasteiger partial charge >= 0.3 is 0 Å². The van der Waals surface area contributed by atoms with Gasteiger partial charge in [0.2, 0.25) is 5.56 Å². The van der Waals surface area contributed by atoms with Crippen LogP contribution in [-0.2, 0) is 6.54 Å². The van der Waals surface area contributed by atoms with Crippen molar-refractivity contribution >= 4 is 5.70 Å². The van der Waals surface area contributed by atoms with E-state index < -0.39 is 0 Å². The maximum atomic E-state index is 11.7. The van der Waals surface area contributed by atoms with Crippen LogP contribution in [0.15, 0.2) is 65.0 Å². The van der Waals surface area contributed by atoms with Crippen molar-refractivity contribution in [3.05, 3.63) is 81.7 Å². The second-order valence-electron chi connectivity index (χ2n) is 7.19. The molecule has 154 valence electrons. The average Bonchev–Trinajstić information content (AvgIpc) is 3.19. The van der Waals surface area contributed by atoms with E-state index in [0.717, 1.165) is 24.9 Å². The summed E-state index contributed by atoms with van der Waals surface area (Å²) < 4.78 is 0. The molecule has 1 aliphatic heterocycles. The van der Waals surface area contributed by atoms with E-state index in [9.17, 15) is 9.90 Å². The third-order valence-corrected chi connectivity index (χ3v) is 4.96. The molecule has 2 heterocycles. The van der Waals surface area contributed by atoms with Crippen molar-refractivity contribution in [1.82, 2.24) is 15.2 Å². The molecule has 0 spiro atoms. The van der Waals surface area contributed by atoms with Gasteiger partial charge in [-0.3, -0.25) is 4.79 Å². The van der Waals surface area contributed by atoms with Crippen molar-refractivity contribution < 1.29 is 5.11 Å². The first kappa shape index (κ1) is 20.3. The topological polar surface area (TPSA) is 146 Å². The maximum Gasteiger partial charge on any atom is 0.248 e. The molecule has 8 heteroatoms. The first-order valence-electron chi connectivity index (χ1n) is 9.60. The Morgan fingerprint density at radius 2 is 2.03 bits per heavy atom. The van der Waals surface area contributed by atoms with Gasteiger partial charge in [-0.05, 0) is 49.2 Å². The molecule has 3 rings (SSSR count). The van der Waals surface area contributed by atoms with Gasteiger partial charge in [-0.15, -0.1) is 0 Å². The van der Waals surface area contributed by atoms with Crippen LogP contribution in [0.25, 0.3) is 5.70 Å². The lowest BCUT2D eigenvalue weighted by atomic mass is 10.1. The Hall–Kier alpha value is -3.39. The molecule has 1 fully saturated rings. The SMILES string of the molecule is NC(N)=C(/C=C(\N)c1ccccc1O)N(Cc1cc[nH]c(=O)c1)CC1CCCN1. The molecule has 0 radical (unpaired) electrons. The lowest BCUT2D eigenvalue weighted by molar-refractivity contribution is 0.307. The summed E-state index contributed by atoms with van der Waals surface area (Å²) in [6.45, 7) is 2.07. The molecule has 1 unspecified atom stereocenters. The van der Waals surface area contributed by atoms with Gasteiger partial charge in [-0.2, -0.15) is 0 Å². The molecule has 1 aromatic carbocycles. The van der Waals surface area contributed by atoms with Crippen LogP contribution in [0.3, 0.4) is 0 Å². The number of pyridine rings is 1. The maximum absolute atomic E-state index is 11.7. The smallest absolute Gasteiger partial charge is 0.248 e. The summed E-state index contributed by atoms with van der Waals surface area (Å²) in [4.78, 5) is 16.3. The quantitative estimate of drug-likeness (QED) is 0.378. The Kier molecular flexibility index (Phi) is 6.46. The Bertz CT molecular complexity index is 955. The largest absolute Gasteiger partial charge is 0.507 e. The first-order chi connectivity index (χ1) is 13.9. The van der Waals surface area contributed by atoms with Gasteiger partial charge in [-0.25, -0.2) is 0 Å². The predicted octanol–water partition coefficient (Wildman–Crippen LogP) is 0.721. The summed E-state index contributed by atoms with van der Waals surface area (Å²) in [5.41, 5.74) is 20.4. The van der Waals surface area contributed by atoms with E-state index in [1.807, 2.05) is 11.0 Å². The lowest BCUT2D eigenvalue weighted by Crippen LogP contribution is -2.38. The van der Waals surface area contributed by atoms with Crippen molar-refractivity contribution in [3.8, 4) is 5.75 Å². The molecule has 0 saturated carbocycles. The molecule has 2 aromatic rings. The van der Waals surface area contributed by atoms with Gasteiger partial charge in [0.15, 0.2) is 0 Å². The summed E-state index contributed by atoms with van der Waals surface area (Å²) in [5, 5.41) is 13.6. The van der Waals surface area contributed by atoms with Crippen molar-refractivity contribution in [2.45, 2.75) is 25.4 Å². The zero-order chi connectivity index (χ0) is 20.8. The van der Waals surface area contributed by atoms with Gasteiger partial charge < -0.3 is 37.5 Å².